The summed E-state index contributed by atoms with van der Waals surface area (Å²) < 4.78 is 4.97. The van der Waals surface area contributed by atoms with Gasteiger partial charge in [-0.15, -0.1) is 11.3 Å². The van der Waals surface area contributed by atoms with Crippen LogP contribution < -0.4 is 0 Å². The summed E-state index contributed by atoms with van der Waals surface area (Å²) >= 11 is 1.70. The normalized spacial score (nSPS) is 24.2. The summed E-state index contributed by atoms with van der Waals surface area (Å²) in [6.07, 6.45) is 2.88. The molecule has 3 rings (SSSR count). The molecule has 6 heteroatoms. The largest absolute Gasteiger partial charge is 0.462 e. The van der Waals surface area contributed by atoms with Gasteiger partial charge < -0.3 is 9.64 Å². The Hall–Kier alpha value is -1.69. The molecule has 0 aliphatic carbocycles. The van der Waals surface area contributed by atoms with Crippen molar-refractivity contribution in [3.05, 3.63) is 27.4 Å². The highest BCUT2D eigenvalue weighted by molar-refractivity contribution is 7.11. The molecule has 3 heterocycles. The molecule has 0 N–H and O–H groups in total. The highest BCUT2D eigenvalue weighted by atomic mass is 32.1. The number of hydrogen-bond acceptors (Lipinski definition) is 6. The van der Waals surface area contributed by atoms with Crippen molar-refractivity contribution in [1.82, 2.24) is 9.88 Å². The lowest BCUT2D eigenvalue weighted by molar-refractivity contribution is -0.140. The lowest BCUT2D eigenvalue weighted by atomic mass is 9.90. The molecule has 0 saturated heterocycles. The molecule has 0 fully saturated rings. The van der Waals surface area contributed by atoms with Crippen molar-refractivity contribution >= 4 is 23.1 Å². The number of carbonyl (C=O) groups excluding carboxylic acids is 2. The summed E-state index contributed by atoms with van der Waals surface area (Å²) in [5, 5.41) is 1.03. The molecule has 0 radical (unpaired) electrons. The molecule has 5 nitrogen and oxygen atoms in total. The lowest BCUT2D eigenvalue weighted by Crippen LogP contribution is -2.43. The Morgan fingerprint density at radius 3 is 3.00 bits per heavy atom. The van der Waals surface area contributed by atoms with Crippen molar-refractivity contribution in [2.24, 2.45) is 0 Å². The van der Waals surface area contributed by atoms with Gasteiger partial charge in [-0.3, -0.25) is 4.79 Å². The number of carbonyl (C=O) groups is 2. The number of hydrogen-bond donors (Lipinski definition) is 0. The van der Waals surface area contributed by atoms with Crippen LogP contribution >= 0.6 is 11.3 Å². The van der Waals surface area contributed by atoms with Gasteiger partial charge in [0, 0.05) is 30.0 Å². The fraction of sp³-hybridized carbons (Fsp3) is 0.533. The number of ketones is 1. The van der Waals surface area contributed by atoms with Crippen LogP contribution in [-0.4, -0.2) is 34.3 Å². The van der Waals surface area contributed by atoms with Gasteiger partial charge >= 0.3 is 5.97 Å². The maximum absolute atomic E-state index is 12.3. The van der Waals surface area contributed by atoms with E-state index in [0.29, 0.717) is 6.42 Å². The minimum atomic E-state index is -0.520. The number of aromatic nitrogens is 1. The molecule has 112 valence electrons. The Balaban J connectivity index is 1.98. The molecule has 2 unspecified atom stereocenters. The van der Waals surface area contributed by atoms with Crippen LogP contribution in [0.5, 0.6) is 0 Å². The molecule has 2 aliphatic rings. The molecule has 21 heavy (non-hydrogen) atoms. The molecule has 1 aromatic rings. The van der Waals surface area contributed by atoms with Gasteiger partial charge in [0.1, 0.15) is 5.57 Å². The lowest BCUT2D eigenvalue weighted by Gasteiger charge is -2.41. The third kappa shape index (κ3) is 2.37. The Morgan fingerprint density at radius 2 is 2.29 bits per heavy atom. The van der Waals surface area contributed by atoms with Crippen molar-refractivity contribution in [2.75, 3.05) is 6.61 Å². The van der Waals surface area contributed by atoms with Crippen molar-refractivity contribution in [3.63, 3.8) is 0 Å². The molecule has 2 aliphatic heterocycles. The Kier molecular flexibility index (Phi) is 3.57. The Bertz CT molecular complexity index is 635. The molecule has 0 saturated carbocycles. The fourth-order valence-electron chi connectivity index (χ4n) is 3.02. The number of fused-ring (bicyclic) bond motifs is 3. The number of rotatable bonds is 2. The van der Waals surface area contributed by atoms with Crippen molar-refractivity contribution in [1.29, 1.82) is 0 Å². The summed E-state index contributed by atoms with van der Waals surface area (Å²) in [4.78, 5) is 32.1. The number of nitrogens with zero attached hydrogens (tertiary/aromatic N) is 2. The third-order valence-corrected chi connectivity index (χ3v) is 4.96. The van der Waals surface area contributed by atoms with Crippen LogP contribution in [0.3, 0.4) is 0 Å². The zero-order valence-corrected chi connectivity index (χ0v) is 13.2. The predicted molar refractivity (Wildman–Crippen MR) is 78.9 cm³/mol. The minimum absolute atomic E-state index is 0.0422. The topological polar surface area (TPSA) is 59.5 Å². The van der Waals surface area contributed by atoms with E-state index in [4.69, 9.17) is 4.74 Å². The van der Waals surface area contributed by atoms with Crippen LogP contribution in [0, 0.1) is 6.92 Å². The summed E-state index contributed by atoms with van der Waals surface area (Å²) in [7, 11) is 0. The molecule has 2 atom stereocenters. The maximum Gasteiger partial charge on any atom is 0.343 e. The van der Waals surface area contributed by atoms with Crippen LogP contribution in [0.15, 0.2) is 11.8 Å². The molecular weight excluding hydrogens is 288 g/mol. The molecule has 0 amide bonds. The third-order valence-electron chi connectivity index (χ3n) is 3.95. The van der Waals surface area contributed by atoms with Crippen LogP contribution in [0.2, 0.25) is 0 Å². The minimum Gasteiger partial charge on any atom is -0.462 e. The maximum atomic E-state index is 12.3. The second kappa shape index (κ2) is 5.26. The van der Waals surface area contributed by atoms with E-state index in [1.807, 2.05) is 6.92 Å². The van der Waals surface area contributed by atoms with Crippen LogP contribution in [0.4, 0.5) is 0 Å². The smallest absolute Gasteiger partial charge is 0.343 e. The molecule has 0 spiro atoms. The molecule has 0 bridgehead atoms. The van der Waals surface area contributed by atoms with Crippen LogP contribution in [0.25, 0.3) is 0 Å². The van der Waals surface area contributed by atoms with E-state index in [1.165, 1.54) is 4.88 Å². The van der Waals surface area contributed by atoms with Crippen molar-refractivity contribution in [3.8, 4) is 0 Å². The number of ether oxygens (including phenoxy) is 1. The number of thiazole rings is 1. The first-order valence-corrected chi connectivity index (χ1v) is 7.98. The second-order valence-electron chi connectivity index (χ2n) is 5.45. The van der Waals surface area contributed by atoms with E-state index in [-0.39, 0.29) is 30.0 Å². The first-order valence-electron chi connectivity index (χ1n) is 7.17. The average molecular weight is 306 g/mol. The van der Waals surface area contributed by atoms with Crippen molar-refractivity contribution < 1.29 is 14.3 Å². The summed E-state index contributed by atoms with van der Waals surface area (Å²) in [6, 6.07) is 0.208. The Labute approximate surface area is 127 Å². The van der Waals surface area contributed by atoms with Gasteiger partial charge in [0.2, 0.25) is 0 Å². The number of Topliss-reactive ketones (excluding diaryl/α,β-unsaturated/α-hetero) is 1. The molecule has 0 aromatic carbocycles. The number of aryl methyl sites for hydroxylation is 1. The van der Waals surface area contributed by atoms with E-state index in [9.17, 15) is 9.59 Å². The summed E-state index contributed by atoms with van der Waals surface area (Å²) in [5.74, 6) is -0.672. The van der Waals surface area contributed by atoms with Crippen LogP contribution in [0.1, 0.15) is 41.9 Å². The van der Waals surface area contributed by atoms with Gasteiger partial charge in [-0.2, -0.15) is 0 Å². The van der Waals surface area contributed by atoms with Gasteiger partial charge in [-0.25, -0.2) is 9.78 Å². The van der Waals surface area contributed by atoms with Gasteiger partial charge in [0.15, 0.2) is 5.78 Å². The van der Waals surface area contributed by atoms with Gasteiger partial charge in [-0.1, -0.05) is 0 Å². The first-order chi connectivity index (χ1) is 10.0. The van der Waals surface area contributed by atoms with E-state index in [1.54, 1.807) is 24.5 Å². The predicted octanol–water partition coefficient (Wildman–Crippen LogP) is 2.16. The van der Waals surface area contributed by atoms with E-state index >= 15 is 0 Å². The monoisotopic (exact) mass is 306 g/mol. The number of esters is 1. The second-order valence-corrected chi connectivity index (χ2v) is 6.74. The zero-order chi connectivity index (χ0) is 15.1. The first kappa shape index (κ1) is 14.3. The highest BCUT2D eigenvalue weighted by Gasteiger charge is 2.40. The SMILES string of the molecule is CCOC(=O)C1=CN2C(C)Cc3sc(C)nc3C2CC1=O. The molecular formula is C15H18N2O3S. The fourth-order valence-corrected chi connectivity index (χ4v) is 4.13. The standard InChI is InChI=1S/C15H18N2O3S/c1-4-20-15(19)10-7-17-8(2)5-13-14(16-9(3)21-13)11(17)6-12(10)18/h7-8,11H,4-6H2,1-3H3. The quantitative estimate of drug-likeness (QED) is 0.619. The van der Waals surface area contributed by atoms with Crippen LogP contribution in [-0.2, 0) is 20.7 Å². The summed E-state index contributed by atoms with van der Waals surface area (Å²) in [5.41, 5.74) is 1.17. The van der Waals surface area contributed by atoms with Gasteiger partial charge in [-0.05, 0) is 20.8 Å². The van der Waals surface area contributed by atoms with E-state index < -0.39 is 5.97 Å². The zero-order valence-electron chi connectivity index (χ0n) is 12.4. The van der Waals surface area contributed by atoms with Gasteiger partial charge in [0.05, 0.1) is 23.4 Å². The molecule has 1 aromatic heterocycles. The van der Waals surface area contributed by atoms with E-state index in [2.05, 4.69) is 16.8 Å². The highest BCUT2D eigenvalue weighted by Crippen LogP contribution is 2.40. The Morgan fingerprint density at radius 1 is 1.52 bits per heavy atom. The van der Waals surface area contributed by atoms with Crippen molar-refractivity contribution in [2.45, 2.75) is 45.7 Å². The average Bonchev–Trinajstić information content (AvgIpc) is 2.79. The van der Waals surface area contributed by atoms with E-state index in [0.717, 1.165) is 17.1 Å². The summed E-state index contributed by atoms with van der Waals surface area (Å²) in [6.45, 7) is 6.11. The van der Waals surface area contributed by atoms with Gasteiger partial charge in [0.25, 0.3) is 0 Å².